The first kappa shape index (κ1) is 11.5. The van der Waals surface area contributed by atoms with E-state index in [4.69, 9.17) is 10.5 Å². The van der Waals surface area contributed by atoms with Gasteiger partial charge in [0.2, 0.25) is 0 Å². The maximum absolute atomic E-state index is 11.4. The van der Waals surface area contributed by atoms with E-state index in [0.29, 0.717) is 12.3 Å². The molecular weight excluding hydrogens is 204 g/mol. The summed E-state index contributed by atoms with van der Waals surface area (Å²) in [6.45, 7) is 4.53. The Labute approximate surface area is 96.4 Å². The second kappa shape index (κ2) is 4.45. The van der Waals surface area contributed by atoms with Crippen LogP contribution in [0.15, 0.2) is 11.8 Å². The van der Waals surface area contributed by atoms with Crippen LogP contribution < -0.4 is 5.73 Å². The third kappa shape index (κ3) is 2.21. The molecule has 90 valence electrons. The molecule has 4 nitrogen and oxygen atoms in total. The van der Waals surface area contributed by atoms with Crippen molar-refractivity contribution in [2.45, 2.75) is 38.1 Å². The molecule has 0 saturated carbocycles. The minimum absolute atomic E-state index is 0.145. The first-order valence-electron chi connectivity index (χ1n) is 5.98. The number of hydrogen-bond acceptors (Lipinski definition) is 4. The predicted octanol–water partition coefficient (Wildman–Crippen LogP) is 1.02. The molecule has 2 saturated heterocycles. The minimum Gasteiger partial charge on any atom is -0.461 e. The van der Waals surface area contributed by atoms with Gasteiger partial charge in [-0.2, -0.15) is 0 Å². The second-order valence-corrected chi connectivity index (χ2v) is 4.91. The SMILES string of the molecule is CC(N)=CC(=O)OCC12CCCN1CCC2. The lowest BCUT2D eigenvalue weighted by atomic mass is 9.95. The Morgan fingerprint density at radius 1 is 1.44 bits per heavy atom. The summed E-state index contributed by atoms with van der Waals surface area (Å²) in [5.41, 5.74) is 6.07. The summed E-state index contributed by atoms with van der Waals surface area (Å²) in [6.07, 6.45) is 6.12. The Balaban J connectivity index is 1.90. The van der Waals surface area contributed by atoms with Crippen molar-refractivity contribution in [1.82, 2.24) is 4.90 Å². The van der Waals surface area contributed by atoms with E-state index in [-0.39, 0.29) is 11.5 Å². The molecule has 0 aliphatic carbocycles. The van der Waals surface area contributed by atoms with E-state index < -0.39 is 0 Å². The highest BCUT2D eigenvalue weighted by molar-refractivity contribution is 5.82. The first-order chi connectivity index (χ1) is 7.62. The van der Waals surface area contributed by atoms with Crippen LogP contribution >= 0.6 is 0 Å². The summed E-state index contributed by atoms with van der Waals surface area (Å²) in [7, 11) is 0. The van der Waals surface area contributed by atoms with Crippen LogP contribution in [0.25, 0.3) is 0 Å². The number of ether oxygens (including phenoxy) is 1. The zero-order chi connectivity index (χ0) is 11.6. The van der Waals surface area contributed by atoms with Crippen molar-refractivity contribution in [2.75, 3.05) is 19.7 Å². The van der Waals surface area contributed by atoms with Gasteiger partial charge in [0, 0.05) is 11.8 Å². The molecule has 0 aromatic rings. The largest absolute Gasteiger partial charge is 0.461 e. The maximum atomic E-state index is 11.4. The monoisotopic (exact) mass is 224 g/mol. The Morgan fingerprint density at radius 2 is 2.06 bits per heavy atom. The van der Waals surface area contributed by atoms with Crippen molar-refractivity contribution >= 4 is 5.97 Å². The molecule has 16 heavy (non-hydrogen) atoms. The molecule has 2 aliphatic heterocycles. The molecule has 2 aliphatic rings. The first-order valence-corrected chi connectivity index (χ1v) is 5.98. The van der Waals surface area contributed by atoms with E-state index in [0.717, 1.165) is 25.9 Å². The molecule has 2 heterocycles. The van der Waals surface area contributed by atoms with E-state index >= 15 is 0 Å². The highest BCUT2D eigenvalue weighted by Crippen LogP contribution is 2.38. The van der Waals surface area contributed by atoms with Gasteiger partial charge < -0.3 is 10.5 Å². The van der Waals surface area contributed by atoms with Gasteiger partial charge in [-0.3, -0.25) is 4.90 Å². The van der Waals surface area contributed by atoms with E-state index in [1.165, 1.54) is 18.9 Å². The molecule has 0 amide bonds. The number of esters is 1. The van der Waals surface area contributed by atoms with Gasteiger partial charge in [-0.1, -0.05) is 0 Å². The molecule has 2 rings (SSSR count). The fourth-order valence-corrected chi connectivity index (χ4v) is 2.89. The molecule has 0 unspecified atom stereocenters. The van der Waals surface area contributed by atoms with Gasteiger partial charge in [0.15, 0.2) is 0 Å². The zero-order valence-corrected chi connectivity index (χ0v) is 9.87. The Kier molecular flexibility index (Phi) is 3.19. The van der Waals surface area contributed by atoms with Gasteiger partial charge in [0.05, 0.1) is 5.54 Å². The molecule has 0 bridgehead atoms. The Bertz CT molecular complexity index is 298. The summed E-state index contributed by atoms with van der Waals surface area (Å²) < 4.78 is 5.30. The minimum atomic E-state index is -0.312. The predicted molar refractivity (Wildman–Crippen MR) is 61.7 cm³/mol. The number of carbonyl (C=O) groups excluding carboxylic acids is 1. The average molecular weight is 224 g/mol. The Morgan fingerprint density at radius 3 is 2.62 bits per heavy atom. The van der Waals surface area contributed by atoms with Gasteiger partial charge >= 0.3 is 5.97 Å². The van der Waals surface area contributed by atoms with Crippen LogP contribution in [0.1, 0.15) is 32.6 Å². The van der Waals surface area contributed by atoms with Gasteiger partial charge in [0.25, 0.3) is 0 Å². The van der Waals surface area contributed by atoms with Crippen molar-refractivity contribution in [2.24, 2.45) is 5.73 Å². The van der Waals surface area contributed by atoms with E-state index in [9.17, 15) is 4.79 Å². The summed E-state index contributed by atoms with van der Waals surface area (Å²) >= 11 is 0. The fourth-order valence-electron chi connectivity index (χ4n) is 2.89. The normalized spacial score (nSPS) is 24.4. The van der Waals surface area contributed by atoms with Gasteiger partial charge in [-0.15, -0.1) is 0 Å². The van der Waals surface area contributed by atoms with Crippen molar-refractivity contribution in [3.8, 4) is 0 Å². The zero-order valence-electron chi connectivity index (χ0n) is 9.87. The lowest BCUT2D eigenvalue weighted by Crippen LogP contribution is -2.42. The van der Waals surface area contributed by atoms with Crippen LogP contribution in [-0.4, -0.2) is 36.1 Å². The number of fused-ring (bicyclic) bond motifs is 1. The molecule has 2 fully saturated rings. The van der Waals surface area contributed by atoms with Crippen LogP contribution in [0.2, 0.25) is 0 Å². The summed E-state index contributed by atoms with van der Waals surface area (Å²) in [6, 6.07) is 0. The summed E-state index contributed by atoms with van der Waals surface area (Å²) in [5, 5.41) is 0. The lowest BCUT2D eigenvalue weighted by Gasteiger charge is -2.31. The van der Waals surface area contributed by atoms with Crippen LogP contribution in [-0.2, 0) is 9.53 Å². The fraction of sp³-hybridized carbons (Fsp3) is 0.750. The molecule has 0 radical (unpaired) electrons. The van der Waals surface area contributed by atoms with E-state index in [1.54, 1.807) is 6.92 Å². The quantitative estimate of drug-likeness (QED) is 0.574. The Hall–Kier alpha value is -1.03. The van der Waals surface area contributed by atoms with Crippen molar-refractivity contribution in [3.63, 3.8) is 0 Å². The molecule has 2 N–H and O–H groups in total. The van der Waals surface area contributed by atoms with Crippen molar-refractivity contribution in [1.29, 1.82) is 0 Å². The van der Waals surface area contributed by atoms with E-state index in [2.05, 4.69) is 4.90 Å². The van der Waals surface area contributed by atoms with Crippen molar-refractivity contribution in [3.05, 3.63) is 11.8 Å². The van der Waals surface area contributed by atoms with Gasteiger partial charge in [-0.25, -0.2) is 4.79 Å². The molecule has 0 aromatic carbocycles. The van der Waals surface area contributed by atoms with Gasteiger partial charge in [0.1, 0.15) is 6.61 Å². The van der Waals surface area contributed by atoms with Crippen LogP contribution in [0.3, 0.4) is 0 Å². The third-order valence-corrected chi connectivity index (χ3v) is 3.64. The molecular formula is C12H20N2O2. The highest BCUT2D eigenvalue weighted by atomic mass is 16.5. The molecule has 0 aromatic heterocycles. The number of hydrogen-bond donors (Lipinski definition) is 1. The standard InChI is InChI=1S/C12H20N2O2/c1-10(13)8-11(15)16-9-12-4-2-6-14(12)7-3-5-12/h8H,2-7,9,13H2,1H3. The number of nitrogens with zero attached hydrogens (tertiary/aromatic N) is 1. The smallest absolute Gasteiger partial charge is 0.332 e. The molecule has 4 heteroatoms. The third-order valence-electron chi connectivity index (χ3n) is 3.64. The summed E-state index contributed by atoms with van der Waals surface area (Å²) in [5.74, 6) is -0.312. The lowest BCUT2D eigenvalue weighted by molar-refractivity contribution is -0.141. The van der Waals surface area contributed by atoms with Crippen LogP contribution in [0.4, 0.5) is 0 Å². The highest BCUT2D eigenvalue weighted by Gasteiger charge is 2.44. The van der Waals surface area contributed by atoms with E-state index in [1.807, 2.05) is 0 Å². The number of rotatable bonds is 3. The van der Waals surface area contributed by atoms with Crippen molar-refractivity contribution < 1.29 is 9.53 Å². The molecule has 0 atom stereocenters. The number of carbonyl (C=O) groups is 1. The molecule has 0 spiro atoms. The van der Waals surface area contributed by atoms with Crippen LogP contribution in [0.5, 0.6) is 0 Å². The average Bonchev–Trinajstić information content (AvgIpc) is 2.71. The maximum Gasteiger partial charge on any atom is 0.332 e. The van der Waals surface area contributed by atoms with Crippen LogP contribution in [0, 0.1) is 0 Å². The topological polar surface area (TPSA) is 55.6 Å². The number of nitrogens with two attached hydrogens (primary N) is 1. The van der Waals surface area contributed by atoms with Gasteiger partial charge in [-0.05, 0) is 45.7 Å². The summed E-state index contributed by atoms with van der Waals surface area (Å²) in [4.78, 5) is 13.9. The second-order valence-electron chi connectivity index (χ2n) is 4.91. The number of allylic oxidation sites excluding steroid dienone is 1.